The largest absolute Gasteiger partial charge is 0.350 e. The summed E-state index contributed by atoms with van der Waals surface area (Å²) in [5, 5.41) is 2.86. The van der Waals surface area contributed by atoms with E-state index in [-0.39, 0.29) is 11.9 Å². The molecule has 26 heavy (non-hydrogen) atoms. The highest BCUT2D eigenvalue weighted by Crippen LogP contribution is 2.14. The minimum absolute atomic E-state index is 0.0495. The number of hydrogen-bond acceptors (Lipinski definition) is 5. The molecule has 1 aromatic rings. The molecule has 0 saturated carbocycles. The van der Waals surface area contributed by atoms with Gasteiger partial charge in [-0.2, -0.15) is 0 Å². The second kappa shape index (κ2) is 8.19. The SMILES string of the molecule is CS(=O)(=O)Nc1ccc(/C=C/C(=O)NC2CCN(S(C)(=O)=O)CC2)cc1. The van der Waals surface area contributed by atoms with Crippen LogP contribution in [0.5, 0.6) is 0 Å². The van der Waals surface area contributed by atoms with E-state index in [4.69, 9.17) is 0 Å². The van der Waals surface area contributed by atoms with Gasteiger partial charge in [-0.05, 0) is 36.6 Å². The summed E-state index contributed by atoms with van der Waals surface area (Å²) in [5.74, 6) is -0.249. The number of benzene rings is 1. The van der Waals surface area contributed by atoms with E-state index in [2.05, 4.69) is 10.0 Å². The normalized spacial score (nSPS) is 17.3. The lowest BCUT2D eigenvalue weighted by Gasteiger charge is -2.30. The molecular weight excluding hydrogens is 378 g/mol. The van der Waals surface area contributed by atoms with Gasteiger partial charge in [-0.3, -0.25) is 9.52 Å². The van der Waals surface area contributed by atoms with E-state index in [9.17, 15) is 21.6 Å². The van der Waals surface area contributed by atoms with Crippen molar-refractivity contribution in [3.63, 3.8) is 0 Å². The Morgan fingerprint density at radius 2 is 1.65 bits per heavy atom. The van der Waals surface area contributed by atoms with Gasteiger partial charge < -0.3 is 5.32 Å². The van der Waals surface area contributed by atoms with Crippen molar-refractivity contribution in [3.05, 3.63) is 35.9 Å². The highest BCUT2D eigenvalue weighted by Gasteiger charge is 2.25. The molecular formula is C16H23N3O5S2. The van der Waals surface area contributed by atoms with Gasteiger partial charge >= 0.3 is 0 Å². The van der Waals surface area contributed by atoms with E-state index >= 15 is 0 Å². The first-order valence-corrected chi connectivity index (χ1v) is 11.8. The van der Waals surface area contributed by atoms with Crippen molar-refractivity contribution in [2.45, 2.75) is 18.9 Å². The first-order valence-electron chi connectivity index (χ1n) is 8.04. The number of carbonyl (C=O) groups excluding carboxylic acids is 1. The number of amides is 1. The van der Waals surface area contributed by atoms with Crippen molar-refractivity contribution in [3.8, 4) is 0 Å². The smallest absolute Gasteiger partial charge is 0.244 e. The summed E-state index contributed by atoms with van der Waals surface area (Å²) in [5.41, 5.74) is 1.21. The molecule has 1 amide bonds. The maximum absolute atomic E-state index is 12.0. The van der Waals surface area contributed by atoms with E-state index < -0.39 is 20.0 Å². The van der Waals surface area contributed by atoms with E-state index in [1.165, 1.54) is 16.6 Å². The number of carbonyl (C=O) groups is 1. The molecule has 10 heteroatoms. The highest BCUT2D eigenvalue weighted by molar-refractivity contribution is 7.92. The second-order valence-electron chi connectivity index (χ2n) is 6.27. The Bertz CT molecular complexity index is 869. The van der Waals surface area contributed by atoms with Crippen LogP contribution in [0.25, 0.3) is 6.08 Å². The molecule has 0 bridgehead atoms. The van der Waals surface area contributed by atoms with Crippen LogP contribution in [-0.2, 0) is 24.8 Å². The molecule has 0 radical (unpaired) electrons. The molecule has 2 rings (SSSR count). The van der Waals surface area contributed by atoms with Crippen LogP contribution in [0.1, 0.15) is 18.4 Å². The lowest BCUT2D eigenvalue weighted by Crippen LogP contribution is -2.45. The summed E-state index contributed by atoms with van der Waals surface area (Å²) in [6.45, 7) is 0.810. The fraction of sp³-hybridized carbons (Fsp3) is 0.438. The summed E-state index contributed by atoms with van der Waals surface area (Å²) < 4.78 is 49.0. The first kappa shape index (κ1) is 20.4. The standard InChI is InChI=1S/C16H23N3O5S2/c1-25(21,22)18-15-6-3-13(4-7-15)5-8-16(20)17-14-9-11-19(12-10-14)26(2,23)24/h3-8,14,18H,9-12H2,1-2H3,(H,17,20)/b8-5+. The molecule has 1 saturated heterocycles. The molecule has 1 heterocycles. The molecule has 0 spiro atoms. The topological polar surface area (TPSA) is 113 Å². The van der Waals surface area contributed by atoms with E-state index in [0.717, 1.165) is 11.8 Å². The quantitative estimate of drug-likeness (QED) is 0.678. The Hall–Kier alpha value is -1.91. The molecule has 0 aliphatic carbocycles. The molecule has 0 aromatic heterocycles. The zero-order valence-electron chi connectivity index (χ0n) is 14.7. The number of hydrogen-bond donors (Lipinski definition) is 2. The van der Waals surface area contributed by atoms with Crippen molar-refractivity contribution in [1.29, 1.82) is 0 Å². The number of rotatable bonds is 6. The van der Waals surface area contributed by atoms with Crippen LogP contribution < -0.4 is 10.0 Å². The molecule has 0 unspecified atom stereocenters. The van der Waals surface area contributed by atoms with E-state index in [1.54, 1.807) is 30.3 Å². The Morgan fingerprint density at radius 1 is 1.08 bits per heavy atom. The van der Waals surface area contributed by atoms with Crippen LogP contribution >= 0.6 is 0 Å². The zero-order valence-corrected chi connectivity index (χ0v) is 16.3. The van der Waals surface area contributed by atoms with Crippen molar-refractivity contribution >= 4 is 37.7 Å². The Morgan fingerprint density at radius 3 is 2.15 bits per heavy atom. The average Bonchev–Trinajstić information content (AvgIpc) is 2.52. The predicted octanol–water partition coefficient (Wildman–Crippen LogP) is 0.612. The number of nitrogens with one attached hydrogen (secondary N) is 2. The fourth-order valence-corrected chi connectivity index (χ4v) is 4.07. The molecule has 1 fully saturated rings. The Kier molecular flexibility index (Phi) is 6.43. The van der Waals surface area contributed by atoms with Crippen molar-refractivity contribution in [1.82, 2.24) is 9.62 Å². The Balaban J connectivity index is 1.84. The summed E-state index contributed by atoms with van der Waals surface area (Å²) in [7, 11) is -6.49. The monoisotopic (exact) mass is 401 g/mol. The van der Waals surface area contributed by atoms with Gasteiger partial charge in [0.25, 0.3) is 0 Å². The second-order valence-corrected chi connectivity index (χ2v) is 10.0. The number of sulfonamides is 2. The number of anilines is 1. The minimum atomic E-state index is -3.32. The highest BCUT2D eigenvalue weighted by atomic mass is 32.2. The van der Waals surface area contributed by atoms with Gasteiger partial charge in [-0.25, -0.2) is 21.1 Å². The lowest BCUT2D eigenvalue weighted by molar-refractivity contribution is -0.117. The Labute approximate surface area is 154 Å². The zero-order chi connectivity index (χ0) is 19.4. The molecule has 2 N–H and O–H groups in total. The van der Waals surface area contributed by atoms with Crippen LogP contribution in [0.15, 0.2) is 30.3 Å². The fourth-order valence-electron chi connectivity index (χ4n) is 2.63. The number of piperidine rings is 1. The first-order chi connectivity index (χ1) is 12.0. The van der Waals surface area contributed by atoms with Gasteiger partial charge in [-0.1, -0.05) is 12.1 Å². The van der Waals surface area contributed by atoms with Gasteiger partial charge in [0.2, 0.25) is 26.0 Å². The van der Waals surface area contributed by atoms with Crippen LogP contribution in [0.4, 0.5) is 5.69 Å². The molecule has 0 atom stereocenters. The van der Waals surface area contributed by atoms with Crippen LogP contribution in [0.3, 0.4) is 0 Å². The maximum atomic E-state index is 12.0. The van der Waals surface area contributed by atoms with Crippen LogP contribution in [0.2, 0.25) is 0 Å². The van der Waals surface area contributed by atoms with Crippen molar-refractivity contribution in [2.24, 2.45) is 0 Å². The van der Waals surface area contributed by atoms with Gasteiger partial charge in [0.15, 0.2) is 0 Å². The van der Waals surface area contributed by atoms with E-state index in [0.29, 0.717) is 31.6 Å². The number of nitrogens with zero attached hydrogens (tertiary/aromatic N) is 1. The minimum Gasteiger partial charge on any atom is -0.350 e. The van der Waals surface area contributed by atoms with Gasteiger partial charge in [0, 0.05) is 30.9 Å². The lowest BCUT2D eigenvalue weighted by atomic mass is 10.1. The van der Waals surface area contributed by atoms with Crippen molar-refractivity contribution in [2.75, 3.05) is 30.3 Å². The third kappa shape index (κ3) is 6.77. The van der Waals surface area contributed by atoms with E-state index in [1.807, 2.05) is 0 Å². The molecule has 1 aromatic carbocycles. The summed E-state index contributed by atoms with van der Waals surface area (Å²) in [6.07, 6.45) is 6.46. The molecule has 8 nitrogen and oxygen atoms in total. The van der Waals surface area contributed by atoms with Gasteiger partial charge in [0.1, 0.15) is 0 Å². The summed E-state index contributed by atoms with van der Waals surface area (Å²) in [4.78, 5) is 12.0. The molecule has 1 aliphatic rings. The predicted molar refractivity (Wildman–Crippen MR) is 102 cm³/mol. The maximum Gasteiger partial charge on any atom is 0.244 e. The summed E-state index contributed by atoms with van der Waals surface area (Å²) >= 11 is 0. The third-order valence-electron chi connectivity index (χ3n) is 3.91. The van der Waals surface area contributed by atoms with Crippen LogP contribution in [-0.4, -0.2) is 58.7 Å². The third-order valence-corrected chi connectivity index (χ3v) is 5.82. The summed E-state index contributed by atoms with van der Waals surface area (Å²) in [6, 6.07) is 6.56. The average molecular weight is 402 g/mol. The van der Waals surface area contributed by atoms with Crippen molar-refractivity contribution < 1.29 is 21.6 Å². The molecule has 1 aliphatic heterocycles. The van der Waals surface area contributed by atoms with Gasteiger partial charge in [0.05, 0.1) is 12.5 Å². The molecule has 144 valence electrons. The van der Waals surface area contributed by atoms with Crippen LogP contribution in [0, 0.1) is 0 Å². The van der Waals surface area contributed by atoms with Gasteiger partial charge in [-0.15, -0.1) is 0 Å².